The van der Waals surface area contributed by atoms with Gasteiger partial charge in [-0.3, -0.25) is 4.79 Å². The lowest BCUT2D eigenvalue weighted by Crippen LogP contribution is -2.21. The molecule has 0 fully saturated rings. The summed E-state index contributed by atoms with van der Waals surface area (Å²) in [6.45, 7) is 1.93. The van der Waals surface area contributed by atoms with Gasteiger partial charge in [0.2, 0.25) is 0 Å². The van der Waals surface area contributed by atoms with Gasteiger partial charge in [0.15, 0.2) is 0 Å². The average molecular weight is 144 g/mol. The first kappa shape index (κ1) is 6.28. The zero-order valence-corrected chi connectivity index (χ0v) is 6.09. The highest BCUT2D eigenvalue weighted by Gasteiger charge is 2.01. The van der Waals surface area contributed by atoms with Crippen molar-refractivity contribution in [1.29, 1.82) is 0 Å². The van der Waals surface area contributed by atoms with Gasteiger partial charge in [-0.05, 0) is 12.5 Å². The van der Waals surface area contributed by atoms with Crippen molar-refractivity contribution in [2.45, 2.75) is 6.92 Å². The summed E-state index contributed by atoms with van der Waals surface area (Å²) in [5.74, 6) is -0.179. The molecule has 0 spiro atoms. The fraction of sp³-hybridized carbons (Fsp3) is 0.111. The molecule has 2 nitrogen and oxygen atoms in total. The van der Waals surface area contributed by atoms with Gasteiger partial charge in [0.25, 0.3) is 5.91 Å². The second kappa shape index (κ2) is 2.02. The molecule has 0 saturated carbocycles. The van der Waals surface area contributed by atoms with E-state index >= 15 is 0 Å². The molecule has 0 bridgehead atoms. The number of hydrogen-bond donors (Lipinski definition) is 0. The summed E-state index contributed by atoms with van der Waals surface area (Å²) in [5.41, 5.74) is 1.01. The molecule has 1 aliphatic rings. The second-order valence-corrected chi connectivity index (χ2v) is 2.54. The van der Waals surface area contributed by atoms with Crippen LogP contribution in [0.2, 0.25) is 0 Å². The minimum Gasteiger partial charge on any atom is -0.267 e. The van der Waals surface area contributed by atoms with Crippen LogP contribution in [-0.4, -0.2) is 5.91 Å². The number of fused-ring (bicyclic) bond motifs is 1. The summed E-state index contributed by atoms with van der Waals surface area (Å²) >= 11 is 0. The predicted octanol–water partition coefficient (Wildman–Crippen LogP) is -0.264. The summed E-state index contributed by atoms with van der Waals surface area (Å²) in [5, 5.41) is 1.55. The van der Waals surface area contributed by atoms with E-state index in [1.807, 2.05) is 19.1 Å². The minimum atomic E-state index is -0.179. The third kappa shape index (κ3) is 0.963. The van der Waals surface area contributed by atoms with Gasteiger partial charge >= 0.3 is 0 Å². The van der Waals surface area contributed by atoms with Gasteiger partial charge in [0, 0.05) is 17.4 Å². The summed E-state index contributed by atoms with van der Waals surface area (Å²) in [7, 11) is 0. The Morgan fingerprint density at radius 2 is 2.27 bits per heavy atom. The predicted molar refractivity (Wildman–Crippen MR) is 40.3 cm³/mol. The zero-order chi connectivity index (χ0) is 7.84. The van der Waals surface area contributed by atoms with E-state index in [4.69, 9.17) is 0 Å². The zero-order valence-electron chi connectivity index (χ0n) is 6.09. The molecule has 53 valence electrons. The average Bonchev–Trinajstić information content (AvgIpc) is 2.27. The maximum absolute atomic E-state index is 10.8. The molecule has 1 aliphatic heterocycles. The minimum absolute atomic E-state index is 0.179. The maximum Gasteiger partial charge on any atom is 0.270 e. The smallest absolute Gasteiger partial charge is 0.267 e. The fourth-order valence-corrected chi connectivity index (χ4v) is 1.08. The van der Waals surface area contributed by atoms with Crippen LogP contribution in [0.25, 0.3) is 6.08 Å². The Bertz CT molecular complexity index is 431. The molecule has 2 rings (SSSR count). The van der Waals surface area contributed by atoms with Crippen LogP contribution in [-0.2, 0) is 4.79 Å². The fourth-order valence-electron chi connectivity index (χ4n) is 1.08. The Morgan fingerprint density at radius 3 is 3.09 bits per heavy atom. The number of carbonyl (C=O) groups is 1. The van der Waals surface area contributed by atoms with Crippen LogP contribution >= 0.6 is 0 Å². The first-order chi connectivity index (χ1) is 5.25. The molecule has 1 heterocycles. The summed E-state index contributed by atoms with van der Waals surface area (Å²) in [4.78, 5) is 14.5. The lowest BCUT2D eigenvalue weighted by molar-refractivity contribution is -0.112. The molecule has 1 aromatic rings. The van der Waals surface area contributed by atoms with Gasteiger partial charge in [0.05, 0.1) is 5.36 Å². The Balaban J connectivity index is 2.89. The Morgan fingerprint density at radius 1 is 1.45 bits per heavy atom. The number of amides is 1. The van der Waals surface area contributed by atoms with E-state index in [1.54, 1.807) is 0 Å². The first-order valence-corrected chi connectivity index (χ1v) is 3.39. The van der Waals surface area contributed by atoms with Crippen LogP contribution in [0.3, 0.4) is 0 Å². The van der Waals surface area contributed by atoms with Crippen LogP contribution in [0.4, 0.5) is 0 Å². The van der Waals surface area contributed by atoms with Gasteiger partial charge in [-0.15, -0.1) is 0 Å². The number of nitrogens with zero attached hydrogens (tertiary/aromatic N) is 1. The van der Waals surface area contributed by atoms with E-state index in [2.05, 4.69) is 11.1 Å². The van der Waals surface area contributed by atoms with Crippen LogP contribution in [0, 0.1) is 13.0 Å². The Kier molecular flexibility index (Phi) is 1.15. The number of hydrogen-bond acceptors (Lipinski definition) is 1. The quantitative estimate of drug-likeness (QED) is 0.493. The van der Waals surface area contributed by atoms with Crippen LogP contribution in [0.1, 0.15) is 5.56 Å². The Hall–Kier alpha value is -1.44. The van der Waals surface area contributed by atoms with Crippen molar-refractivity contribution >= 4 is 12.0 Å². The summed E-state index contributed by atoms with van der Waals surface area (Å²) < 4.78 is 0. The van der Waals surface area contributed by atoms with Crippen molar-refractivity contribution in [2.75, 3.05) is 0 Å². The highest BCUT2D eigenvalue weighted by Crippen LogP contribution is 1.88. The van der Waals surface area contributed by atoms with Crippen molar-refractivity contribution in [3.63, 3.8) is 0 Å². The van der Waals surface area contributed by atoms with Crippen molar-refractivity contribution in [2.24, 2.45) is 4.99 Å². The van der Waals surface area contributed by atoms with E-state index in [0.29, 0.717) is 5.36 Å². The summed E-state index contributed by atoms with van der Waals surface area (Å²) in [6.07, 6.45) is 1.52. The van der Waals surface area contributed by atoms with Gasteiger partial charge in [-0.1, -0.05) is 12.1 Å². The number of aryl methyl sites for hydroxylation is 1. The van der Waals surface area contributed by atoms with E-state index < -0.39 is 0 Å². The highest BCUT2D eigenvalue weighted by molar-refractivity contribution is 6.06. The van der Waals surface area contributed by atoms with Crippen LogP contribution < -0.4 is 10.6 Å². The highest BCUT2D eigenvalue weighted by atomic mass is 16.1. The van der Waals surface area contributed by atoms with Crippen molar-refractivity contribution in [3.05, 3.63) is 34.3 Å². The third-order valence-electron chi connectivity index (χ3n) is 1.60. The van der Waals surface area contributed by atoms with E-state index in [9.17, 15) is 4.79 Å². The van der Waals surface area contributed by atoms with Crippen molar-refractivity contribution in [3.8, 4) is 0 Å². The van der Waals surface area contributed by atoms with E-state index in [-0.39, 0.29) is 5.91 Å². The molecule has 1 aromatic carbocycles. The third-order valence-corrected chi connectivity index (χ3v) is 1.60. The molecular weight excluding hydrogens is 138 g/mol. The van der Waals surface area contributed by atoms with Crippen LogP contribution in [0.5, 0.6) is 0 Å². The molecule has 1 amide bonds. The van der Waals surface area contributed by atoms with Crippen molar-refractivity contribution < 1.29 is 4.79 Å². The van der Waals surface area contributed by atoms with Crippen LogP contribution in [0.15, 0.2) is 17.1 Å². The molecule has 0 aromatic heterocycles. The van der Waals surface area contributed by atoms with Gasteiger partial charge in [0.1, 0.15) is 0 Å². The number of rotatable bonds is 0. The molecular formula is C9H6NO. The van der Waals surface area contributed by atoms with Gasteiger partial charge < -0.3 is 0 Å². The standard InChI is InChI=1S/C9H6NO/c1-6-2-3-7-5-9(11)10-8(7)4-6/h2-3,5H,1H3. The molecule has 1 radical (unpaired) electrons. The largest absolute Gasteiger partial charge is 0.270 e. The Labute approximate surface area is 63.9 Å². The topological polar surface area (TPSA) is 29.4 Å². The second-order valence-electron chi connectivity index (χ2n) is 2.54. The normalized spacial score (nSPS) is 13.7. The molecule has 0 atom stereocenters. The number of benzene rings is 1. The molecule has 2 heteroatoms. The van der Waals surface area contributed by atoms with Gasteiger partial charge in [-0.25, -0.2) is 4.99 Å². The lowest BCUT2D eigenvalue weighted by Gasteiger charge is -1.85. The SMILES string of the molecule is Cc1[c]c2c(cc1)=CC(=O)N=2. The van der Waals surface area contributed by atoms with E-state index in [0.717, 1.165) is 10.8 Å². The molecule has 0 N–H and O–H groups in total. The molecule has 0 saturated heterocycles. The van der Waals surface area contributed by atoms with E-state index in [1.165, 1.54) is 6.08 Å². The summed E-state index contributed by atoms with van der Waals surface area (Å²) in [6, 6.07) is 6.80. The molecule has 0 aliphatic carbocycles. The molecule has 0 unspecified atom stereocenters. The van der Waals surface area contributed by atoms with Crippen molar-refractivity contribution in [1.82, 2.24) is 0 Å². The maximum atomic E-state index is 10.8. The lowest BCUT2D eigenvalue weighted by atomic mass is 10.2. The van der Waals surface area contributed by atoms with Gasteiger partial charge in [-0.2, -0.15) is 0 Å². The first-order valence-electron chi connectivity index (χ1n) is 3.39. The number of carbonyl (C=O) groups excluding carboxylic acids is 1. The monoisotopic (exact) mass is 144 g/mol. The molecule has 11 heavy (non-hydrogen) atoms.